The second-order valence-electron chi connectivity index (χ2n) is 10.1. The molecule has 1 aliphatic rings. The van der Waals surface area contributed by atoms with Crippen LogP contribution in [-0.4, -0.2) is 82.7 Å². The summed E-state index contributed by atoms with van der Waals surface area (Å²) in [7, 11) is 2.17. The molecule has 10 nitrogen and oxygen atoms in total. The van der Waals surface area contributed by atoms with Gasteiger partial charge < -0.3 is 26.0 Å². The van der Waals surface area contributed by atoms with Gasteiger partial charge in [-0.2, -0.15) is 0 Å². The van der Waals surface area contributed by atoms with Gasteiger partial charge in [-0.15, -0.1) is 11.3 Å². The van der Waals surface area contributed by atoms with Crippen LogP contribution in [0.4, 0.5) is 22.5 Å². The highest BCUT2D eigenvalue weighted by Crippen LogP contribution is 2.36. The van der Waals surface area contributed by atoms with Crippen LogP contribution in [0.2, 0.25) is 0 Å². The van der Waals surface area contributed by atoms with Gasteiger partial charge in [-0.3, -0.25) is 4.90 Å². The maximum atomic E-state index is 5.94. The summed E-state index contributed by atoms with van der Waals surface area (Å²) < 4.78 is 5.94. The number of piperazine rings is 1. The van der Waals surface area contributed by atoms with Crippen LogP contribution in [0.3, 0.4) is 0 Å². The lowest BCUT2D eigenvalue weighted by molar-refractivity contribution is 0.132. The van der Waals surface area contributed by atoms with Crippen molar-refractivity contribution in [2.45, 2.75) is 20.3 Å². The molecule has 3 aromatic heterocycles. The standard InChI is InChI=1S/C29H37N9OS/c1-4-9-38(29-33-23(19-40-29)28-34-25(30)17-26(31)35-28)24-16-21(6-5-20(24)2)22-7-8-27(32-18-22)39-15-14-37-12-10-36(3)11-13-37/h5-8,16-19H,4,9-15H2,1-3H3,(H4,30,31,34,35). The first-order valence-corrected chi connectivity index (χ1v) is 14.5. The maximum Gasteiger partial charge on any atom is 0.213 e. The van der Waals surface area contributed by atoms with Crippen LogP contribution in [-0.2, 0) is 0 Å². The Morgan fingerprint density at radius 2 is 1.73 bits per heavy atom. The Morgan fingerprint density at radius 3 is 2.42 bits per heavy atom. The van der Waals surface area contributed by atoms with Crippen LogP contribution in [0.25, 0.3) is 22.6 Å². The second-order valence-corrected chi connectivity index (χ2v) is 10.9. The molecule has 0 bridgehead atoms. The van der Waals surface area contributed by atoms with Crippen molar-refractivity contribution in [2.24, 2.45) is 0 Å². The third kappa shape index (κ3) is 6.67. The summed E-state index contributed by atoms with van der Waals surface area (Å²) >= 11 is 1.55. The number of rotatable bonds is 10. The van der Waals surface area contributed by atoms with Crippen molar-refractivity contribution in [3.05, 3.63) is 53.5 Å². The quantitative estimate of drug-likeness (QED) is 0.291. The first-order valence-electron chi connectivity index (χ1n) is 13.6. The Morgan fingerprint density at radius 1 is 0.975 bits per heavy atom. The molecule has 1 aliphatic heterocycles. The summed E-state index contributed by atoms with van der Waals surface area (Å²) in [5.74, 6) is 1.73. The number of ether oxygens (including phenoxy) is 1. The van der Waals surface area contributed by atoms with E-state index < -0.39 is 0 Å². The van der Waals surface area contributed by atoms with E-state index in [0.29, 0.717) is 35.6 Å². The zero-order valence-electron chi connectivity index (χ0n) is 23.4. The van der Waals surface area contributed by atoms with E-state index in [1.807, 2.05) is 17.6 Å². The molecule has 1 fully saturated rings. The second kappa shape index (κ2) is 12.6. The molecule has 0 amide bonds. The number of nitrogens with zero attached hydrogens (tertiary/aromatic N) is 7. The number of hydrogen-bond donors (Lipinski definition) is 2. The molecule has 5 rings (SSSR count). The molecule has 0 radical (unpaired) electrons. The summed E-state index contributed by atoms with van der Waals surface area (Å²) in [6.45, 7) is 11.0. The number of nitrogen functional groups attached to an aromatic ring is 2. The Kier molecular flexibility index (Phi) is 8.73. The molecule has 40 heavy (non-hydrogen) atoms. The number of pyridine rings is 1. The monoisotopic (exact) mass is 559 g/mol. The number of anilines is 4. The highest BCUT2D eigenvalue weighted by molar-refractivity contribution is 7.14. The van der Waals surface area contributed by atoms with E-state index in [0.717, 1.165) is 73.2 Å². The number of hydrogen-bond acceptors (Lipinski definition) is 11. The zero-order chi connectivity index (χ0) is 28.1. The van der Waals surface area contributed by atoms with Gasteiger partial charge in [0.25, 0.3) is 0 Å². The molecule has 11 heteroatoms. The molecule has 0 atom stereocenters. The van der Waals surface area contributed by atoms with Crippen LogP contribution >= 0.6 is 11.3 Å². The Labute approximate surface area is 239 Å². The molecule has 0 saturated carbocycles. The van der Waals surface area contributed by atoms with Crippen LogP contribution in [0.15, 0.2) is 48.0 Å². The minimum Gasteiger partial charge on any atom is -0.476 e. The van der Waals surface area contributed by atoms with Gasteiger partial charge in [0.15, 0.2) is 11.0 Å². The number of likely N-dealkylation sites (N-methyl/N-ethyl adjacent to an activating group) is 1. The average molecular weight is 560 g/mol. The van der Waals surface area contributed by atoms with E-state index in [1.54, 1.807) is 11.3 Å². The number of benzene rings is 1. The molecular weight excluding hydrogens is 522 g/mol. The molecule has 4 heterocycles. The lowest BCUT2D eigenvalue weighted by atomic mass is 10.0. The van der Waals surface area contributed by atoms with Crippen LogP contribution in [0, 0.1) is 6.92 Å². The van der Waals surface area contributed by atoms with Crippen LogP contribution in [0.1, 0.15) is 18.9 Å². The number of aromatic nitrogens is 4. The van der Waals surface area contributed by atoms with E-state index >= 15 is 0 Å². The first-order chi connectivity index (χ1) is 19.4. The molecule has 0 spiro atoms. The van der Waals surface area contributed by atoms with Gasteiger partial charge in [0.2, 0.25) is 5.88 Å². The van der Waals surface area contributed by atoms with Crippen molar-refractivity contribution in [3.8, 4) is 28.5 Å². The summed E-state index contributed by atoms with van der Waals surface area (Å²) in [6, 6.07) is 12.0. The van der Waals surface area contributed by atoms with Gasteiger partial charge in [0.05, 0.1) is 0 Å². The maximum absolute atomic E-state index is 5.94. The van der Waals surface area contributed by atoms with Crippen molar-refractivity contribution in [1.82, 2.24) is 29.7 Å². The third-order valence-corrected chi connectivity index (χ3v) is 7.85. The van der Waals surface area contributed by atoms with Crippen LogP contribution in [0.5, 0.6) is 5.88 Å². The summed E-state index contributed by atoms with van der Waals surface area (Å²) in [6.07, 6.45) is 2.84. The molecule has 0 unspecified atom stereocenters. The summed E-state index contributed by atoms with van der Waals surface area (Å²) in [5.41, 5.74) is 16.8. The fourth-order valence-electron chi connectivity index (χ4n) is 4.70. The van der Waals surface area contributed by atoms with Gasteiger partial charge in [-0.05, 0) is 43.7 Å². The van der Waals surface area contributed by atoms with Crippen molar-refractivity contribution in [2.75, 3.05) is 69.3 Å². The van der Waals surface area contributed by atoms with Gasteiger partial charge in [-0.1, -0.05) is 19.1 Å². The smallest absolute Gasteiger partial charge is 0.213 e. The highest BCUT2D eigenvalue weighted by atomic mass is 32.1. The molecule has 4 aromatic rings. The molecular formula is C29H37N9OS. The topological polar surface area (TPSA) is 123 Å². The minimum absolute atomic E-state index is 0.325. The van der Waals surface area contributed by atoms with Gasteiger partial charge in [-0.25, -0.2) is 19.9 Å². The van der Waals surface area contributed by atoms with Crippen LogP contribution < -0.4 is 21.1 Å². The van der Waals surface area contributed by atoms with E-state index in [4.69, 9.17) is 21.2 Å². The molecule has 1 aromatic carbocycles. The number of aryl methyl sites for hydroxylation is 1. The first kappa shape index (κ1) is 27.8. The van der Waals surface area contributed by atoms with E-state index in [-0.39, 0.29) is 0 Å². The van der Waals surface area contributed by atoms with Crippen molar-refractivity contribution < 1.29 is 4.74 Å². The highest BCUT2D eigenvalue weighted by Gasteiger charge is 2.18. The van der Waals surface area contributed by atoms with Gasteiger partial charge in [0.1, 0.15) is 23.9 Å². The van der Waals surface area contributed by atoms with Crippen molar-refractivity contribution in [1.29, 1.82) is 0 Å². The zero-order valence-corrected chi connectivity index (χ0v) is 24.2. The predicted molar refractivity (Wildman–Crippen MR) is 163 cm³/mol. The summed E-state index contributed by atoms with van der Waals surface area (Å²) in [4.78, 5) is 25.1. The van der Waals surface area contributed by atoms with E-state index in [1.165, 1.54) is 6.07 Å². The number of thiazole rings is 1. The largest absolute Gasteiger partial charge is 0.476 e. The Bertz CT molecular complexity index is 1400. The van der Waals surface area contributed by atoms with E-state index in [9.17, 15) is 0 Å². The Hall–Kier alpha value is -3.80. The SMILES string of the molecule is CCCN(c1nc(-c2nc(N)cc(N)n2)cs1)c1cc(-c2ccc(OCCN3CCN(C)CC3)nc2)ccc1C. The molecule has 4 N–H and O–H groups in total. The lowest BCUT2D eigenvalue weighted by Crippen LogP contribution is -2.45. The fraction of sp³-hybridized carbons (Fsp3) is 0.379. The normalized spacial score (nSPS) is 14.4. The average Bonchev–Trinajstić information content (AvgIpc) is 3.44. The van der Waals surface area contributed by atoms with Gasteiger partial charge in [0, 0.05) is 74.2 Å². The van der Waals surface area contributed by atoms with Crippen molar-refractivity contribution in [3.63, 3.8) is 0 Å². The lowest BCUT2D eigenvalue weighted by Gasteiger charge is -2.32. The van der Waals surface area contributed by atoms with Gasteiger partial charge >= 0.3 is 0 Å². The molecule has 0 aliphatic carbocycles. The molecule has 1 saturated heterocycles. The fourth-order valence-corrected chi connectivity index (χ4v) is 5.54. The van der Waals surface area contributed by atoms with Crippen molar-refractivity contribution >= 4 is 33.8 Å². The third-order valence-electron chi connectivity index (χ3n) is 6.99. The molecule has 210 valence electrons. The van der Waals surface area contributed by atoms with E-state index in [2.05, 4.69) is 74.8 Å². The summed E-state index contributed by atoms with van der Waals surface area (Å²) in [5, 5.41) is 2.81. The minimum atomic E-state index is 0.325. The Balaban J connectivity index is 1.31. The predicted octanol–water partition coefficient (Wildman–Crippen LogP) is 4.31. The number of nitrogens with two attached hydrogens (primary N) is 2.